The fourth-order valence-electron chi connectivity index (χ4n) is 1.97. The van der Waals surface area contributed by atoms with E-state index >= 15 is 0 Å². The number of hydrogen-bond donors (Lipinski definition) is 3. The maximum atomic E-state index is 11.9. The number of urea groups is 1. The van der Waals surface area contributed by atoms with E-state index in [0.29, 0.717) is 11.4 Å². The number of halogens is 1. The van der Waals surface area contributed by atoms with E-state index < -0.39 is 18.0 Å². The minimum Gasteiger partial charge on any atom is -0.480 e. The number of carbonyl (C=O) groups is 2. The highest BCUT2D eigenvalue weighted by atomic mass is 35.5. The number of hydrogen-bond acceptors (Lipinski definition) is 2. The van der Waals surface area contributed by atoms with Crippen molar-refractivity contribution in [3.8, 4) is 0 Å². The van der Waals surface area contributed by atoms with Crippen LogP contribution in [0, 0.1) is 5.92 Å². The quantitative estimate of drug-likeness (QED) is 0.754. The van der Waals surface area contributed by atoms with Gasteiger partial charge in [-0.2, -0.15) is 0 Å². The highest BCUT2D eigenvalue weighted by Gasteiger charge is 2.25. The number of aliphatic carboxylic acids is 1. The molecule has 0 aliphatic rings. The number of carboxylic acids is 1. The highest BCUT2D eigenvalue weighted by Crippen LogP contribution is 2.22. The largest absolute Gasteiger partial charge is 0.480 e. The Morgan fingerprint density at radius 3 is 2.38 bits per heavy atom. The van der Waals surface area contributed by atoms with E-state index in [1.54, 1.807) is 19.9 Å². The van der Waals surface area contributed by atoms with Gasteiger partial charge in [0.25, 0.3) is 0 Å². The van der Waals surface area contributed by atoms with Crippen molar-refractivity contribution in [2.24, 2.45) is 5.92 Å². The first-order chi connectivity index (χ1) is 9.86. The van der Waals surface area contributed by atoms with Gasteiger partial charge in [0.15, 0.2) is 0 Å². The van der Waals surface area contributed by atoms with Gasteiger partial charge in [-0.05, 0) is 24.5 Å². The minimum absolute atomic E-state index is 0.149. The van der Waals surface area contributed by atoms with Crippen LogP contribution in [0.15, 0.2) is 24.3 Å². The summed E-state index contributed by atoms with van der Waals surface area (Å²) in [7, 11) is 0. The van der Waals surface area contributed by atoms with Crippen LogP contribution in [0.2, 0.25) is 5.02 Å². The van der Waals surface area contributed by atoms with Crippen molar-refractivity contribution in [1.29, 1.82) is 0 Å². The van der Waals surface area contributed by atoms with Crippen molar-refractivity contribution < 1.29 is 14.7 Å². The zero-order valence-electron chi connectivity index (χ0n) is 12.4. The van der Waals surface area contributed by atoms with Gasteiger partial charge in [0.05, 0.1) is 6.04 Å². The van der Waals surface area contributed by atoms with E-state index in [2.05, 4.69) is 10.6 Å². The lowest BCUT2D eigenvalue weighted by atomic mass is 9.99. The first-order valence-electron chi connectivity index (χ1n) is 6.91. The van der Waals surface area contributed by atoms with Gasteiger partial charge in [0.2, 0.25) is 0 Å². The minimum atomic E-state index is -1.04. The summed E-state index contributed by atoms with van der Waals surface area (Å²) in [6, 6.07) is 5.45. The van der Waals surface area contributed by atoms with Crippen molar-refractivity contribution in [2.75, 3.05) is 0 Å². The molecule has 116 valence electrons. The SMILES string of the molecule is CCC(C)C(NC(=O)NC(C)c1ccccc1Cl)C(=O)O. The molecule has 3 atom stereocenters. The molecule has 6 heteroatoms. The van der Waals surface area contributed by atoms with Gasteiger partial charge in [-0.1, -0.05) is 50.1 Å². The van der Waals surface area contributed by atoms with E-state index in [1.165, 1.54) is 0 Å². The first kappa shape index (κ1) is 17.3. The third-order valence-corrected chi connectivity index (χ3v) is 3.83. The summed E-state index contributed by atoms with van der Waals surface area (Å²) >= 11 is 6.07. The summed E-state index contributed by atoms with van der Waals surface area (Å²) in [6.45, 7) is 5.46. The fraction of sp³-hybridized carbons (Fsp3) is 0.467. The standard InChI is InChI=1S/C15H21ClN2O3/c1-4-9(2)13(14(19)20)18-15(21)17-10(3)11-7-5-6-8-12(11)16/h5-10,13H,4H2,1-3H3,(H,19,20)(H2,17,18,21). The van der Waals surface area contributed by atoms with Crippen LogP contribution in [0.25, 0.3) is 0 Å². The van der Waals surface area contributed by atoms with Crippen LogP contribution in [0.4, 0.5) is 4.79 Å². The van der Waals surface area contributed by atoms with Crippen molar-refractivity contribution in [2.45, 2.75) is 39.3 Å². The summed E-state index contributed by atoms with van der Waals surface area (Å²) in [4.78, 5) is 23.1. The molecule has 0 heterocycles. The number of carbonyl (C=O) groups excluding carboxylic acids is 1. The first-order valence-corrected chi connectivity index (χ1v) is 7.28. The van der Waals surface area contributed by atoms with Gasteiger partial charge in [-0.25, -0.2) is 9.59 Å². The van der Waals surface area contributed by atoms with E-state index in [1.807, 2.05) is 25.1 Å². The zero-order chi connectivity index (χ0) is 16.0. The Bertz CT molecular complexity index is 507. The molecule has 0 aliphatic carbocycles. The van der Waals surface area contributed by atoms with Crippen molar-refractivity contribution >= 4 is 23.6 Å². The molecule has 21 heavy (non-hydrogen) atoms. The summed E-state index contributed by atoms with van der Waals surface area (Å²) in [6.07, 6.45) is 0.664. The van der Waals surface area contributed by atoms with Gasteiger partial charge in [0, 0.05) is 5.02 Å². The molecular formula is C15H21ClN2O3. The lowest BCUT2D eigenvalue weighted by molar-refractivity contribution is -0.140. The molecule has 1 aromatic rings. The van der Waals surface area contributed by atoms with Crippen LogP contribution >= 0.6 is 11.6 Å². The third-order valence-electron chi connectivity index (χ3n) is 3.48. The normalized spacial score (nSPS) is 14.9. The molecule has 0 radical (unpaired) electrons. The second kappa shape index (κ2) is 7.88. The van der Waals surface area contributed by atoms with Gasteiger partial charge in [-0.3, -0.25) is 0 Å². The van der Waals surface area contributed by atoms with Crippen LogP contribution in [-0.4, -0.2) is 23.1 Å². The fourth-order valence-corrected chi connectivity index (χ4v) is 2.27. The predicted octanol–water partition coefficient (Wildman–Crippen LogP) is 3.20. The van der Waals surface area contributed by atoms with E-state index in [-0.39, 0.29) is 12.0 Å². The van der Waals surface area contributed by atoms with Gasteiger partial charge >= 0.3 is 12.0 Å². The maximum absolute atomic E-state index is 11.9. The monoisotopic (exact) mass is 312 g/mol. The van der Waals surface area contributed by atoms with E-state index in [4.69, 9.17) is 16.7 Å². The van der Waals surface area contributed by atoms with Crippen molar-refractivity contribution in [3.63, 3.8) is 0 Å². The molecular weight excluding hydrogens is 292 g/mol. The average Bonchev–Trinajstić information content (AvgIpc) is 2.44. The van der Waals surface area contributed by atoms with E-state index in [0.717, 1.165) is 5.56 Å². The summed E-state index contributed by atoms with van der Waals surface area (Å²) in [5.74, 6) is -1.19. The van der Waals surface area contributed by atoms with Gasteiger partial charge < -0.3 is 15.7 Å². The van der Waals surface area contributed by atoms with E-state index in [9.17, 15) is 9.59 Å². The summed E-state index contributed by atoms with van der Waals surface area (Å²) in [5.41, 5.74) is 0.782. The average molecular weight is 313 g/mol. The second-order valence-corrected chi connectivity index (χ2v) is 5.47. The van der Waals surface area contributed by atoms with Crippen molar-refractivity contribution in [1.82, 2.24) is 10.6 Å². The van der Waals surface area contributed by atoms with Crippen LogP contribution in [0.3, 0.4) is 0 Å². The Morgan fingerprint density at radius 2 is 1.86 bits per heavy atom. The Morgan fingerprint density at radius 1 is 1.24 bits per heavy atom. The number of rotatable bonds is 6. The Hall–Kier alpha value is -1.75. The van der Waals surface area contributed by atoms with Gasteiger partial charge in [0.1, 0.15) is 6.04 Å². The predicted molar refractivity (Wildman–Crippen MR) is 82.4 cm³/mol. The highest BCUT2D eigenvalue weighted by molar-refractivity contribution is 6.31. The molecule has 0 spiro atoms. The molecule has 2 amide bonds. The summed E-state index contributed by atoms with van der Waals surface area (Å²) < 4.78 is 0. The molecule has 1 rings (SSSR count). The smallest absolute Gasteiger partial charge is 0.326 e. The zero-order valence-corrected chi connectivity index (χ0v) is 13.1. The molecule has 0 fully saturated rings. The van der Waals surface area contributed by atoms with Crippen LogP contribution < -0.4 is 10.6 Å². The molecule has 0 aliphatic heterocycles. The van der Waals surface area contributed by atoms with Crippen LogP contribution in [0.5, 0.6) is 0 Å². The van der Waals surface area contributed by atoms with Gasteiger partial charge in [-0.15, -0.1) is 0 Å². The lowest BCUT2D eigenvalue weighted by Crippen LogP contribution is -2.49. The number of amides is 2. The Labute approximate surface area is 129 Å². The number of nitrogens with one attached hydrogen (secondary N) is 2. The van der Waals surface area contributed by atoms with Crippen LogP contribution in [-0.2, 0) is 4.79 Å². The number of benzene rings is 1. The molecule has 0 bridgehead atoms. The van der Waals surface area contributed by atoms with Crippen LogP contribution in [0.1, 0.15) is 38.8 Å². The molecule has 0 saturated heterocycles. The maximum Gasteiger partial charge on any atom is 0.326 e. The lowest BCUT2D eigenvalue weighted by Gasteiger charge is -2.22. The Kier molecular flexibility index (Phi) is 6.49. The topological polar surface area (TPSA) is 78.4 Å². The molecule has 0 aromatic heterocycles. The third kappa shape index (κ3) is 4.93. The molecule has 1 aromatic carbocycles. The second-order valence-electron chi connectivity index (χ2n) is 5.06. The van der Waals surface area contributed by atoms with Crippen molar-refractivity contribution in [3.05, 3.63) is 34.9 Å². The number of carboxylic acid groups (broad SMARTS) is 1. The molecule has 0 saturated carbocycles. The summed E-state index contributed by atoms with van der Waals surface area (Å²) in [5, 5.41) is 14.9. The molecule has 3 N–H and O–H groups in total. The Balaban J connectivity index is 2.68. The molecule has 3 unspecified atom stereocenters. The molecule has 5 nitrogen and oxygen atoms in total.